The molecule has 0 unspecified atom stereocenters. The van der Waals surface area contributed by atoms with Gasteiger partial charge in [-0.2, -0.15) is 13.2 Å². The monoisotopic (exact) mass is 340 g/mol. The van der Waals surface area contributed by atoms with Gasteiger partial charge in [0, 0.05) is 16.5 Å². The second-order valence-corrected chi connectivity index (χ2v) is 4.58. The van der Waals surface area contributed by atoms with E-state index in [4.69, 9.17) is 9.47 Å². The molecule has 0 aliphatic carbocycles. The maximum absolute atomic E-state index is 12.1. The molecular weight excluding hydrogens is 329 g/mol. The molecule has 1 aromatic carbocycles. The number of hydrogen-bond acceptors (Lipinski definition) is 3. The van der Waals surface area contributed by atoms with E-state index in [9.17, 15) is 18.0 Å². The molecule has 0 radical (unpaired) electrons. The molecule has 3 nitrogen and oxygen atoms in total. The molecule has 19 heavy (non-hydrogen) atoms. The lowest BCUT2D eigenvalue weighted by atomic mass is 10.1. The van der Waals surface area contributed by atoms with Crippen LogP contribution in [0.25, 0.3) is 0 Å². The van der Waals surface area contributed by atoms with Crippen LogP contribution in [0.5, 0.6) is 11.5 Å². The van der Waals surface area contributed by atoms with Crippen LogP contribution in [0.1, 0.15) is 23.2 Å². The zero-order valence-corrected chi connectivity index (χ0v) is 11.9. The van der Waals surface area contributed by atoms with Gasteiger partial charge in [-0.05, 0) is 28.1 Å². The summed E-state index contributed by atoms with van der Waals surface area (Å²) < 4.78 is 46.7. The highest BCUT2D eigenvalue weighted by atomic mass is 79.9. The molecule has 7 heteroatoms. The fourth-order valence-corrected chi connectivity index (χ4v) is 2.00. The Bertz CT molecular complexity index is 472. The van der Waals surface area contributed by atoms with Crippen LogP contribution < -0.4 is 9.47 Å². The summed E-state index contributed by atoms with van der Waals surface area (Å²) in [4.78, 5) is 11.8. The predicted molar refractivity (Wildman–Crippen MR) is 66.9 cm³/mol. The number of ether oxygens (including phenoxy) is 2. The van der Waals surface area contributed by atoms with Crippen molar-refractivity contribution in [2.75, 3.05) is 14.2 Å². The summed E-state index contributed by atoms with van der Waals surface area (Å²) in [6, 6.07) is 2.85. The highest BCUT2D eigenvalue weighted by Gasteiger charge is 2.28. The third-order valence-corrected chi connectivity index (χ3v) is 3.07. The van der Waals surface area contributed by atoms with E-state index in [-0.39, 0.29) is 5.56 Å². The number of benzene rings is 1. The van der Waals surface area contributed by atoms with Gasteiger partial charge in [-0.1, -0.05) is 0 Å². The molecule has 0 bridgehead atoms. The minimum Gasteiger partial charge on any atom is -0.493 e. The highest BCUT2D eigenvalue weighted by Crippen LogP contribution is 2.34. The number of hydrogen-bond donors (Lipinski definition) is 0. The van der Waals surface area contributed by atoms with Gasteiger partial charge in [0.1, 0.15) is 0 Å². The van der Waals surface area contributed by atoms with Gasteiger partial charge < -0.3 is 9.47 Å². The van der Waals surface area contributed by atoms with E-state index in [0.717, 1.165) is 0 Å². The van der Waals surface area contributed by atoms with E-state index in [1.54, 1.807) is 0 Å². The van der Waals surface area contributed by atoms with Crippen LogP contribution in [0.4, 0.5) is 13.2 Å². The van der Waals surface area contributed by atoms with Crippen LogP contribution in [0.3, 0.4) is 0 Å². The minimum absolute atomic E-state index is 0.141. The van der Waals surface area contributed by atoms with Crippen LogP contribution in [-0.2, 0) is 0 Å². The number of carbonyl (C=O) groups is 1. The molecule has 1 rings (SSSR count). The zero-order chi connectivity index (χ0) is 14.6. The first-order valence-electron chi connectivity index (χ1n) is 5.30. The molecule has 0 saturated heterocycles. The van der Waals surface area contributed by atoms with Crippen molar-refractivity contribution in [2.24, 2.45) is 0 Å². The summed E-state index contributed by atoms with van der Waals surface area (Å²) in [5.41, 5.74) is 0.141. The van der Waals surface area contributed by atoms with Crippen molar-refractivity contribution in [2.45, 2.75) is 19.0 Å². The maximum atomic E-state index is 12.1. The zero-order valence-electron chi connectivity index (χ0n) is 10.3. The number of Topliss-reactive ketones (excluding diaryl/α,β-unsaturated/α-hetero) is 1. The summed E-state index contributed by atoms with van der Waals surface area (Å²) in [5, 5.41) is 0. The molecule has 0 aromatic heterocycles. The van der Waals surface area contributed by atoms with Crippen molar-refractivity contribution in [3.05, 3.63) is 22.2 Å². The number of halogens is 4. The van der Waals surface area contributed by atoms with Crippen molar-refractivity contribution in [3.8, 4) is 11.5 Å². The topological polar surface area (TPSA) is 35.5 Å². The number of methoxy groups -OCH3 is 2. The standard InChI is InChI=1S/C12H12BrF3O3/c1-18-10-5-7(8(13)6-11(10)19-2)9(17)3-4-12(14,15)16/h5-6H,3-4H2,1-2H3. The van der Waals surface area contributed by atoms with Gasteiger partial charge in [0.25, 0.3) is 0 Å². The van der Waals surface area contributed by atoms with E-state index >= 15 is 0 Å². The third-order valence-electron chi connectivity index (χ3n) is 2.41. The number of ketones is 1. The lowest BCUT2D eigenvalue weighted by Gasteiger charge is -2.11. The normalized spacial score (nSPS) is 11.3. The maximum Gasteiger partial charge on any atom is 0.389 e. The van der Waals surface area contributed by atoms with Gasteiger partial charge in [0.15, 0.2) is 17.3 Å². The Balaban J connectivity index is 2.97. The molecule has 0 aliphatic rings. The molecular formula is C12H12BrF3O3. The quantitative estimate of drug-likeness (QED) is 0.760. The minimum atomic E-state index is -4.35. The fraction of sp³-hybridized carbons (Fsp3) is 0.417. The first-order chi connectivity index (χ1) is 8.78. The van der Waals surface area contributed by atoms with E-state index in [1.165, 1.54) is 26.4 Å². The molecule has 0 aliphatic heterocycles. The van der Waals surface area contributed by atoms with Crippen LogP contribution in [0.15, 0.2) is 16.6 Å². The summed E-state index contributed by atoms with van der Waals surface area (Å²) in [7, 11) is 2.81. The molecule has 0 spiro atoms. The van der Waals surface area contributed by atoms with Gasteiger partial charge in [0.2, 0.25) is 0 Å². The van der Waals surface area contributed by atoms with Crippen LogP contribution >= 0.6 is 15.9 Å². The molecule has 0 fully saturated rings. The number of rotatable bonds is 5. The van der Waals surface area contributed by atoms with E-state index in [0.29, 0.717) is 16.0 Å². The fourth-order valence-electron chi connectivity index (χ4n) is 1.46. The van der Waals surface area contributed by atoms with Crippen molar-refractivity contribution in [1.82, 2.24) is 0 Å². The average molecular weight is 341 g/mol. The smallest absolute Gasteiger partial charge is 0.389 e. The van der Waals surface area contributed by atoms with Gasteiger partial charge in [0.05, 0.1) is 20.6 Å². The lowest BCUT2D eigenvalue weighted by molar-refractivity contribution is -0.133. The van der Waals surface area contributed by atoms with Crippen LogP contribution in [-0.4, -0.2) is 26.2 Å². The second-order valence-electron chi connectivity index (χ2n) is 3.73. The SMILES string of the molecule is COc1cc(Br)c(C(=O)CCC(F)(F)F)cc1OC. The largest absolute Gasteiger partial charge is 0.493 e. The van der Waals surface area contributed by atoms with Gasteiger partial charge in [-0.25, -0.2) is 0 Å². The highest BCUT2D eigenvalue weighted by molar-refractivity contribution is 9.10. The Morgan fingerprint density at radius 1 is 1.21 bits per heavy atom. The molecule has 0 N–H and O–H groups in total. The lowest BCUT2D eigenvalue weighted by Crippen LogP contribution is -2.11. The number of alkyl halides is 3. The predicted octanol–water partition coefficient (Wildman–Crippen LogP) is 3.99. The first kappa shape index (κ1) is 15.8. The molecule has 106 valence electrons. The van der Waals surface area contributed by atoms with Crippen molar-refractivity contribution in [3.63, 3.8) is 0 Å². The Morgan fingerprint density at radius 3 is 2.21 bits per heavy atom. The Kier molecular flexibility index (Phi) is 5.22. The van der Waals surface area contributed by atoms with Gasteiger partial charge in [-0.15, -0.1) is 0 Å². The van der Waals surface area contributed by atoms with Gasteiger partial charge >= 0.3 is 6.18 Å². The summed E-state index contributed by atoms with van der Waals surface area (Å²) in [6.45, 7) is 0. The van der Waals surface area contributed by atoms with Crippen molar-refractivity contribution < 1.29 is 27.4 Å². The summed E-state index contributed by atoms with van der Waals surface area (Å²) in [6.07, 6.45) is -6.09. The Labute approximate surface area is 116 Å². The molecule has 0 saturated carbocycles. The Hall–Kier alpha value is -1.24. The van der Waals surface area contributed by atoms with E-state index in [1.807, 2.05) is 0 Å². The van der Waals surface area contributed by atoms with Gasteiger partial charge in [-0.3, -0.25) is 4.79 Å². The molecule has 1 aromatic rings. The summed E-state index contributed by atoms with van der Waals surface area (Å²) in [5.74, 6) is 0.0768. The van der Waals surface area contributed by atoms with Crippen molar-refractivity contribution >= 4 is 21.7 Å². The number of carbonyl (C=O) groups excluding carboxylic acids is 1. The van der Waals surface area contributed by atoms with Crippen LogP contribution in [0.2, 0.25) is 0 Å². The first-order valence-corrected chi connectivity index (χ1v) is 6.09. The Morgan fingerprint density at radius 2 is 1.74 bits per heavy atom. The third kappa shape index (κ3) is 4.41. The van der Waals surface area contributed by atoms with Crippen LogP contribution in [0, 0.1) is 0 Å². The average Bonchev–Trinajstić information content (AvgIpc) is 2.34. The molecule has 0 heterocycles. The molecule has 0 atom stereocenters. The van der Waals surface area contributed by atoms with E-state index in [2.05, 4.69) is 15.9 Å². The molecule has 0 amide bonds. The summed E-state index contributed by atoms with van der Waals surface area (Å²) >= 11 is 3.13. The van der Waals surface area contributed by atoms with Crippen molar-refractivity contribution in [1.29, 1.82) is 0 Å². The second kappa shape index (κ2) is 6.27. The van der Waals surface area contributed by atoms with E-state index < -0.39 is 24.8 Å².